The predicted octanol–water partition coefficient (Wildman–Crippen LogP) is 1.70. The molecule has 1 aliphatic heterocycles. The van der Waals surface area contributed by atoms with Crippen molar-refractivity contribution in [1.82, 2.24) is 24.5 Å². The van der Waals surface area contributed by atoms with Gasteiger partial charge in [-0.25, -0.2) is 4.68 Å². The lowest BCUT2D eigenvalue weighted by atomic mass is 10.2. The summed E-state index contributed by atoms with van der Waals surface area (Å²) in [6.45, 7) is 4.47. The van der Waals surface area contributed by atoms with Gasteiger partial charge in [-0.2, -0.15) is 10.2 Å². The van der Waals surface area contributed by atoms with E-state index >= 15 is 0 Å². The number of amides is 1. The topological polar surface area (TPSA) is 94.0 Å². The molecule has 28 heavy (non-hydrogen) atoms. The third-order valence-corrected chi connectivity index (χ3v) is 5.05. The highest BCUT2D eigenvalue weighted by Gasteiger charge is 2.24. The fourth-order valence-corrected chi connectivity index (χ4v) is 3.66. The molecule has 1 saturated heterocycles. The van der Waals surface area contributed by atoms with Crippen LogP contribution in [0.2, 0.25) is 0 Å². The molecule has 3 aromatic rings. The first-order valence-corrected chi connectivity index (χ1v) is 9.43. The largest absolute Gasteiger partial charge is 0.326 e. The summed E-state index contributed by atoms with van der Waals surface area (Å²) in [6.07, 6.45) is 4.56. The summed E-state index contributed by atoms with van der Waals surface area (Å²) in [5.74, 6) is 0.369. The molecule has 1 amide bonds. The van der Waals surface area contributed by atoms with Crippen LogP contribution < -0.4 is 11.1 Å². The molecule has 3 heterocycles. The van der Waals surface area contributed by atoms with Gasteiger partial charge in [0.25, 0.3) is 5.91 Å². The van der Waals surface area contributed by atoms with Gasteiger partial charge < -0.3 is 11.1 Å². The van der Waals surface area contributed by atoms with E-state index in [1.807, 2.05) is 44.4 Å². The molecule has 0 saturated carbocycles. The van der Waals surface area contributed by atoms with Crippen molar-refractivity contribution in [2.45, 2.75) is 25.9 Å². The summed E-state index contributed by atoms with van der Waals surface area (Å²) in [5.41, 5.74) is 9.34. The summed E-state index contributed by atoms with van der Waals surface area (Å²) in [7, 11) is 1.83. The summed E-state index contributed by atoms with van der Waals surface area (Å²) in [6, 6.07) is 9.91. The van der Waals surface area contributed by atoms with Crippen LogP contribution in [0.5, 0.6) is 0 Å². The van der Waals surface area contributed by atoms with Crippen LogP contribution >= 0.6 is 0 Å². The fourth-order valence-electron chi connectivity index (χ4n) is 3.66. The molecule has 2 aromatic heterocycles. The third-order valence-electron chi connectivity index (χ3n) is 5.05. The Bertz CT molecular complexity index is 990. The summed E-state index contributed by atoms with van der Waals surface area (Å²) >= 11 is 0. The number of carbonyl (C=O) groups excluding carboxylic acids is 1. The molecular weight excluding hydrogens is 354 g/mol. The van der Waals surface area contributed by atoms with Gasteiger partial charge in [0.15, 0.2) is 5.69 Å². The molecular formula is C20H25N7O. The minimum absolute atomic E-state index is 0.206. The SMILES string of the molecule is Cc1ccccc1-n1nccc1NC(=O)c1nn(C)cc1CN1CCC(N)C1. The van der Waals surface area contributed by atoms with Gasteiger partial charge in [0.05, 0.1) is 11.9 Å². The van der Waals surface area contributed by atoms with Gasteiger partial charge in [-0.15, -0.1) is 0 Å². The van der Waals surface area contributed by atoms with Crippen molar-refractivity contribution in [2.75, 3.05) is 18.4 Å². The van der Waals surface area contributed by atoms with Crippen LogP contribution in [0.4, 0.5) is 5.82 Å². The van der Waals surface area contributed by atoms with Crippen molar-refractivity contribution < 1.29 is 4.79 Å². The van der Waals surface area contributed by atoms with E-state index in [1.165, 1.54) is 0 Å². The lowest BCUT2D eigenvalue weighted by Gasteiger charge is -2.15. The van der Waals surface area contributed by atoms with E-state index in [4.69, 9.17) is 5.73 Å². The molecule has 1 aromatic carbocycles. The van der Waals surface area contributed by atoms with Crippen LogP contribution in [0.25, 0.3) is 5.69 Å². The van der Waals surface area contributed by atoms with E-state index < -0.39 is 0 Å². The zero-order valence-corrected chi connectivity index (χ0v) is 16.2. The Kier molecular flexibility index (Phi) is 4.97. The van der Waals surface area contributed by atoms with Crippen LogP contribution in [0.1, 0.15) is 28.0 Å². The van der Waals surface area contributed by atoms with E-state index in [0.29, 0.717) is 18.1 Å². The molecule has 0 bridgehead atoms. The number of aromatic nitrogens is 4. The number of rotatable bonds is 5. The number of para-hydroxylation sites is 1. The number of likely N-dealkylation sites (tertiary alicyclic amines) is 1. The highest BCUT2D eigenvalue weighted by Crippen LogP contribution is 2.20. The lowest BCUT2D eigenvalue weighted by Crippen LogP contribution is -2.27. The first kappa shape index (κ1) is 18.4. The molecule has 146 valence electrons. The van der Waals surface area contributed by atoms with Crippen molar-refractivity contribution in [3.05, 3.63) is 59.5 Å². The van der Waals surface area contributed by atoms with E-state index in [0.717, 1.165) is 36.3 Å². The Morgan fingerprint density at radius 3 is 2.89 bits per heavy atom. The molecule has 1 fully saturated rings. The van der Waals surface area contributed by atoms with Crippen molar-refractivity contribution in [1.29, 1.82) is 0 Å². The highest BCUT2D eigenvalue weighted by molar-refractivity contribution is 6.03. The average molecular weight is 379 g/mol. The van der Waals surface area contributed by atoms with E-state index in [1.54, 1.807) is 21.6 Å². The van der Waals surface area contributed by atoms with Crippen LogP contribution in [0.3, 0.4) is 0 Å². The van der Waals surface area contributed by atoms with Gasteiger partial charge in [-0.05, 0) is 25.0 Å². The first-order chi connectivity index (χ1) is 13.5. The number of aryl methyl sites for hydroxylation is 2. The molecule has 4 rings (SSSR count). The molecule has 1 atom stereocenters. The number of benzene rings is 1. The summed E-state index contributed by atoms with van der Waals surface area (Å²) < 4.78 is 3.41. The fraction of sp³-hybridized carbons (Fsp3) is 0.350. The zero-order valence-electron chi connectivity index (χ0n) is 16.2. The second kappa shape index (κ2) is 7.57. The van der Waals surface area contributed by atoms with Crippen LogP contribution in [-0.4, -0.2) is 49.5 Å². The summed E-state index contributed by atoms with van der Waals surface area (Å²) in [4.78, 5) is 15.2. The number of nitrogens with one attached hydrogen (secondary N) is 1. The third kappa shape index (κ3) is 3.69. The quantitative estimate of drug-likeness (QED) is 0.704. The van der Waals surface area contributed by atoms with Gasteiger partial charge in [0.1, 0.15) is 5.82 Å². The van der Waals surface area contributed by atoms with Gasteiger partial charge in [0, 0.05) is 50.6 Å². The number of carbonyl (C=O) groups is 1. The Balaban J connectivity index is 1.56. The minimum atomic E-state index is -0.241. The minimum Gasteiger partial charge on any atom is -0.326 e. The predicted molar refractivity (Wildman–Crippen MR) is 107 cm³/mol. The second-order valence-electron chi connectivity index (χ2n) is 7.33. The van der Waals surface area contributed by atoms with Crippen molar-refractivity contribution in [3.63, 3.8) is 0 Å². The number of hydrogen-bond acceptors (Lipinski definition) is 5. The monoisotopic (exact) mass is 379 g/mol. The molecule has 1 unspecified atom stereocenters. The standard InChI is InChI=1S/C20H25N7O/c1-14-5-3-4-6-17(14)27-18(7-9-22-27)23-20(28)19-15(11-25(2)24-19)12-26-10-8-16(21)13-26/h3-7,9,11,16H,8,10,12-13,21H2,1-2H3,(H,23,28). The Morgan fingerprint density at radius 2 is 2.14 bits per heavy atom. The summed E-state index contributed by atoms with van der Waals surface area (Å²) in [5, 5.41) is 11.7. The van der Waals surface area contributed by atoms with E-state index in [9.17, 15) is 4.79 Å². The smallest absolute Gasteiger partial charge is 0.277 e. The maximum atomic E-state index is 13.0. The van der Waals surface area contributed by atoms with Crippen LogP contribution in [0.15, 0.2) is 42.7 Å². The number of hydrogen-bond donors (Lipinski definition) is 2. The lowest BCUT2D eigenvalue weighted by molar-refractivity contribution is 0.101. The maximum Gasteiger partial charge on any atom is 0.277 e. The molecule has 0 aliphatic carbocycles. The molecule has 8 nitrogen and oxygen atoms in total. The number of nitrogens with zero attached hydrogens (tertiary/aromatic N) is 5. The Labute approximate surface area is 163 Å². The first-order valence-electron chi connectivity index (χ1n) is 9.43. The highest BCUT2D eigenvalue weighted by atomic mass is 16.2. The second-order valence-corrected chi connectivity index (χ2v) is 7.33. The maximum absolute atomic E-state index is 13.0. The molecule has 0 spiro atoms. The molecule has 3 N–H and O–H groups in total. The van der Waals surface area contributed by atoms with Crippen LogP contribution in [-0.2, 0) is 13.6 Å². The number of anilines is 1. The van der Waals surface area contributed by atoms with E-state index in [-0.39, 0.29) is 11.9 Å². The molecule has 8 heteroatoms. The average Bonchev–Trinajstić information content (AvgIpc) is 3.37. The zero-order chi connectivity index (χ0) is 19.7. The van der Waals surface area contributed by atoms with Gasteiger partial charge >= 0.3 is 0 Å². The van der Waals surface area contributed by atoms with Gasteiger partial charge in [0.2, 0.25) is 0 Å². The van der Waals surface area contributed by atoms with E-state index in [2.05, 4.69) is 20.4 Å². The van der Waals surface area contributed by atoms with Crippen molar-refractivity contribution in [2.24, 2.45) is 12.8 Å². The Morgan fingerprint density at radius 1 is 1.32 bits per heavy atom. The van der Waals surface area contributed by atoms with Gasteiger partial charge in [-0.3, -0.25) is 14.4 Å². The normalized spacial score (nSPS) is 17.2. The molecule has 0 radical (unpaired) electrons. The Hall–Kier alpha value is -2.97. The molecule has 1 aliphatic rings. The van der Waals surface area contributed by atoms with Crippen molar-refractivity contribution >= 4 is 11.7 Å². The van der Waals surface area contributed by atoms with Gasteiger partial charge in [-0.1, -0.05) is 18.2 Å². The number of nitrogens with two attached hydrogens (primary N) is 1. The van der Waals surface area contributed by atoms with Crippen LogP contribution in [0, 0.1) is 6.92 Å². The van der Waals surface area contributed by atoms with Crippen molar-refractivity contribution in [3.8, 4) is 5.69 Å².